The van der Waals surface area contributed by atoms with E-state index in [4.69, 9.17) is 0 Å². The Labute approximate surface area is 109 Å². The van der Waals surface area contributed by atoms with E-state index in [1.807, 2.05) is 7.05 Å². The van der Waals surface area contributed by atoms with Crippen molar-refractivity contribution in [2.75, 3.05) is 20.1 Å². The highest BCUT2D eigenvalue weighted by Gasteiger charge is 2.30. The first-order valence-electron chi connectivity index (χ1n) is 5.83. The van der Waals surface area contributed by atoms with Crippen molar-refractivity contribution in [2.45, 2.75) is 12.5 Å². The van der Waals surface area contributed by atoms with E-state index in [2.05, 4.69) is 10.2 Å². The maximum Gasteiger partial charge on any atom is 0.331 e. The van der Waals surface area contributed by atoms with Crippen LogP contribution in [-0.4, -0.2) is 42.0 Å². The lowest BCUT2D eigenvalue weighted by Gasteiger charge is -2.16. The van der Waals surface area contributed by atoms with Crippen molar-refractivity contribution in [1.82, 2.24) is 10.2 Å². The fourth-order valence-corrected chi connectivity index (χ4v) is 2.89. The van der Waals surface area contributed by atoms with Gasteiger partial charge >= 0.3 is 5.97 Å². The Balaban J connectivity index is 2.01. The van der Waals surface area contributed by atoms with Crippen LogP contribution >= 0.6 is 11.3 Å². The number of carbonyl (C=O) groups excluding carboxylic acids is 1. The number of aliphatic carboxylic acids is 1. The van der Waals surface area contributed by atoms with E-state index in [1.54, 1.807) is 17.5 Å². The Morgan fingerprint density at radius 2 is 2.39 bits per heavy atom. The third kappa shape index (κ3) is 2.88. The van der Waals surface area contributed by atoms with Gasteiger partial charge < -0.3 is 15.3 Å². The Bertz CT molecular complexity index is 433. The molecule has 2 N–H and O–H groups in total. The van der Waals surface area contributed by atoms with Crippen LogP contribution in [0.1, 0.15) is 17.3 Å². The monoisotopic (exact) mass is 268 g/mol. The number of carboxylic acid groups (broad SMARTS) is 1. The topological polar surface area (TPSA) is 69.6 Å². The predicted molar refractivity (Wildman–Crippen MR) is 68.4 cm³/mol. The lowest BCUT2D eigenvalue weighted by atomic mass is 10.1. The summed E-state index contributed by atoms with van der Waals surface area (Å²) in [7, 11) is 1.96. The van der Waals surface area contributed by atoms with Crippen molar-refractivity contribution in [2.24, 2.45) is 5.92 Å². The molecule has 2 heterocycles. The highest BCUT2D eigenvalue weighted by Crippen LogP contribution is 2.21. The van der Waals surface area contributed by atoms with Crippen LogP contribution in [0.4, 0.5) is 0 Å². The summed E-state index contributed by atoms with van der Waals surface area (Å²) in [4.78, 5) is 25.9. The summed E-state index contributed by atoms with van der Waals surface area (Å²) in [5, 5.41) is 13.6. The van der Waals surface area contributed by atoms with Gasteiger partial charge in [0.1, 0.15) is 0 Å². The Kier molecular flexibility index (Phi) is 3.98. The summed E-state index contributed by atoms with van der Waals surface area (Å²) in [6.45, 7) is 1.58. The highest BCUT2D eigenvalue weighted by atomic mass is 32.1. The quantitative estimate of drug-likeness (QED) is 0.852. The van der Waals surface area contributed by atoms with Gasteiger partial charge in [-0.05, 0) is 31.5 Å². The first-order chi connectivity index (χ1) is 8.58. The third-order valence-electron chi connectivity index (χ3n) is 3.12. The molecule has 2 rings (SSSR count). The van der Waals surface area contributed by atoms with Crippen LogP contribution in [0.3, 0.4) is 0 Å². The van der Waals surface area contributed by atoms with E-state index in [-0.39, 0.29) is 11.8 Å². The van der Waals surface area contributed by atoms with Crippen molar-refractivity contribution in [3.8, 4) is 0 Å². The average Bonchev–Trinajstić information content (AvgIpc) is 2.95. The number of carboxylic acids is 1. The molecule has 0 bridgehead atoms. The molecule has 18 heavy (non-hydrogen) atoms. The first-order valence-corrected chi connectivity index (χ1v) is 6.71. The zero-order valence-electron chi connectivity index (χ0n) is 10.1. The maximum absolute atomic E-state index is 12.0. The SMILES string of the molecule is CN1CCC(C(=O)NC(C(=O)O)c2cccs2)C1. The molecule has 1 saturated heterocycles. The second kappa shape index (κ2) is 5.49. The maximum atomic E-state index is 12.0. The molecule has 0 aromatic carbocycles. The van der Waals surface area contributed by atoms with Gasteiger partial charge in [-0.3, -0.25) is 4.79 Å². The minimum Gasteiger partial charge on any atom is -0.479 e. The molecule has 98 valence electrons. The van der Waals surface area contributed by atoms with E-state index in [1.165, 1.54) is 11.3 Å². The van der Waals surface area contributed by atoms with Gasteiger partial charge in [0.05, 0.1) is 5.92 Å². The minimum absolute atomic E-state index is 0.100. The molecule has 1 aromatic heterocycles. The van der Waals surface area contributed by atoms with E-state index < -0.39 is 12.0 Å². The number of thiophene rings is 1. The van der Waals surface area contributed by atoms with Crippen LogP contribution in [0, 0.1) is 5.92 Å². The molecule has 0 spiro atoms. The van der Waals surface area contributed by atoms with E-state index >= 15 is 0 Å². The van der Waals surface area contributed by atoms with Crippen LogP contribution in [0.25, 0.3) is 0 Å². The average molecular weight is 268 g/mol. The van der Waals surface area contributed by atoms with E-state index in [9.17, 15) is 14.7 Å². The van der Waals surface area contributed by atoms with E-state index in [0.717, 1.165) is 13.0 Å². The zero-order valence-corrected chi connectivity index (χ0v) is 10.9. The van der Waals surface area contributed by atoms with Gasteiger partial charge in [0.2, 0.25) is 5.91 Å². The molecule has 1 aliphatic heterocycles. The lowest BCUT2D eigenvalue weighted by Crippen LogP contribution is -2.38. The summed E-state index contributed by atoms with van der Waals surface area (Å²) in [6, 6.07) is 2.58. The molecule has 0 radical (unpaired) electrons. The number of hydrogen-bond acceptors (Lipinski definition) is 4. The zero-order chi connectivity index (χ0) is 13.1. The first kappa shape index (κ1) is 13.0. The smallest absolute Gasteiger partial charge is 0.331 e. The van der Waals surface area contributed by atoms with Gasteiger partial charge in [0.15, 0.2) is 6.04 Å². The number of hydrogen-bond donors (Lipinski definition) is 2. The van der Waals surface area contributed by atoms with Crippen molar-refractivity contribution in [3.05, 3.63) is 22.4 Å². The molecule has 5 nitrogen and oxygen atoms in total. The number of carbonyl (C=O) groups is 2. The van der Waals surface area contributed by atoms with Gasteiger partial charge in [-0.2, -0.15) is 0 Å². The van der Waals surface area contributed by atoms with Gasteiger partial charge in [0.25, 0.3) is 0 Å². The molecule has 2 atom stereocenters. The molecule has 1 fully saturated rings. The molecule has 1 aliphatic rings. The summed E-state index contributed by atoms with van der Waals surface area (Å²) in [6.07, 6.45) is 0.791. The number of nitrogens with one attached hydrogen (secondary N) is 1. The molecule has 0 saturated carbocycles. The predicted octanol–water partition coefficient (Wildman–Crippen LogP) is 0.942. The molecule has 1 amide bonds. The van der Waals surface area contributed by atoms with Crippen molar-refractivity contribution in [1.29, 1.82) is 0 Å². The summed E-state index contributed by atoms with van der Waals surface area (Å²) in [5.41, 5.74) is 0. The largest absolute Gasteiger partial charge is 0.479 e. The second-order valence-corrected chi connectivity index (χ2v) is 5.52. The van der Waals surface area contributed by atoms with Gasteiger partial charge in [-0.1, -0.05) is 6.07 Å². The van der Waals surface area contributed by atoms with Crippen LogP contribution in [-0.2, 0) is 9.59 Å². The van der Waals surface area contributed by atoms with Crippen LogP contribution in [0.2, 0.25) is 0 Å². The van der Waals surface area contributed by atoms with Gasteiger partial charge in [-0.25, -0.2) is 4.79 Å². The minimum atomic E-state index is -1.02. The highest BCUT2D eigenvalue weighted by molar-refractivity contribution is 7.10. The van der Waals surface area contributed by atoms with E-state index in [0.29, 0.717) is 11.4 Å². The Hall–Kier alpha value is -1.40. The number of rotatable bonds is 4. The number of likely N-dealkylation sites (tertiary alicyclic amines) is 1. The molecule has 1 aromatic rings. The Morgan fingerprint density at radius 3 is 2.89 bits per heavy atom. The van der Waals surface area contributed by atoms with Gasteiger partial charge in [0, 0.05) is 11.4 Å². The van der Waals surface area contributed by atoms with Crippen molar-refractivity contribution in [3.63, 3.8) is 0 Å². The van der Waals surface area contributed by atoms with Crippen molar-refractivity contribution >= 4 is 23.2 Å². The van der Waals surface area contributed by atoms with Crippen molar-refractivity contribution < 1.29 is 14.7 Å². The standard InChI is InChI=1S/C12H16N2O3S/c1-14-5-4-8(7-14)11(15)13-10(12(16)17)9-3-2-6-18-9/h2-3,6,8,10H,4-5,7H2,1H3,(H,13,15)(H,16,17). The number of amides is 1. The fraction of sp³-hybridized carbons (Fsp3) is 0.500. The Morgan fingerprint density at radius 1 is 1.61 bits per heavy atom. The second-order valence-electron chi connectivity index (χ2n) is 4.54. The third-order valence-corrected chi connectivity index (χ3v) is 4.06. The van der Waals surface area contributed by atoms with Crippen LogP contribution in [0.5, 0.6) is 0 Å². The van der Waals surface area contributed by atoms with Gasteiger partial charge in [-0.15, -0.1) is 11.3 Å². The van der Waals surface area contributed by atoms with Crippen LogP contribution in [0.15, 0.2) is 17.5 Å². The number of nitrogens with zero attached hydrogens (tertiary/aromatic N) is 1. The molecular weight excluding hydrogens is 252 g/mol. The summed E-state index contributed by atoms with van der Waals surface area (Å²) in [5.74, 6) is -1.28. The normalized spacial score (nSPS) is 21.7. The molecule has 0 aliphatic carbocycles. The summed E-state index contributed by atoms with van der Waals surface area (Å²) < 4.78 is 0. The molecule has 6 heteroatoms. The van der Waals surface area contributed by atoms with Crippen LogP contribution < -0.4 is 5.32 Å². The lowest BCUT2D eigenvalue weighted by molar-refractivity contribution is -0.142. The molecule has 2 unspecified atom stereocenters. The summed E-state index contributed by atoms with van der Waals surface area (Å²) >= 11 is 1.34. The molecular formula is C12H16N2O3S. The fourth-order valence-electron chi connectivity index (χ4n) is 2.12.